The van der Waals surface area contributed by atoms with Crippen LogP contribution in [0.5, 0.6) is 0 Å². The van der Waals surface area contributed by atoms with Crippen molar-refractivity contribution in [2.75, 3.05) is 4.90 Å². The second-order valence-electron chi connectivity index (χ2n) is 21.4. The largest absolute Gasteiger partial charge is 0.456 e. The van der Waals surface area contributed by atoms with E-state index in [-0.39, 0.29) is 16.2 Å². The van der Waals surface area contributed by atoms with Gasteiger partial charge in [-0.15, -0.1) is 0 Å². The fourth-order valence-electron chi connectivity index (χ4n) is 12.9. The lowest BCUT2D eigenvalue weighted by Gasteiger charge is -2.31. The average Bonchev–Trinajstić information content (AvgIpc) is 4.08. The molecule has 3 aliphatic rings. The van der Waals surface area contributed by atoms with E-state index in [2.05, 4.69) is 224 Å². The molecule has 0 saturated heterocycles. The van der Waals surface area contributed by atoms with Gasteiger partial charge < -0.3 is 13.7 Å². The number of aryl methyl sites for hydroxylation is 2. The van der Waals surface area contributed by atoms with Crippen LogP contribution in [0.1, 0.15) is 86.1 Å². The van der Waals surface area contributed by atoms with E-state index in [0.717, 1.165) is 50.2 Å². The molecular formula is C65H51NO2. The number of hydrogen-bond acceptors (Lipinski definition) is 3. The minimum absolute atomic E-state index is 0.167. The number of hydrogen-bond donors (Lipinski definition) is 0. The Bertz CT molecular complexity index is 4020. The highest BCUT2D eigenvalue weighted by molar-refractivity contribution is 6.19. The quantitative estimate of drug-likeness (QED) is 0.176. The van der Waals surface area contributed by atoms with Gasteiger partial charge in [-0.25, -0.2) is 0 Å². The molecule has 2 aromatic heterocycles. The SMILES string of the molecule is Cc1ccc(N(c2ccc3c(c2)C(C)(C)c2cc4c(cc2-3)C(C)(C)c2ccc3oc5ccccc5c3c2-4)c2ccc3c(c2)C(C)(C)c2cc(-c4ccccc4)c4oc5ccccc5c4c2-3)c(C)c1. The molecule has 3 nitrogen and oxygen atoms in total. The normalized spacial score (nSPS) is 15.4. The van der Waals surface area contributed by atoms with Gasteiger partial charge >= 0.3 is 0 Å². The van der Waals surface area contributed by atoms with E-state index in [4.69, 9.17) is 8.83 Å². The second-order valence-corrected chi connectivity index (χ2v) is 21.4. The molecule has 328 valence electrons. The molecule has 2 heterocycles. The molecule has 3 heteroatoms. The summed E-state index contributed by atoms with van der Waals surface area (Å²) < 4.78 is 13.3. The van der Waals surface area contributed by atoms with Crippen LogP contribution in [0, 0.1) is 13.8 Å². The zero-order valence-electron chi connectivity index (χ0n) is 39.9. The highest BCUT2D eigenvalue weighted by Gasteiger charge is 2.44. The van der Waals surface area contributed by atoms with E-state index >= 15 is 0 Å². The summed E-state index contributed by atoms with van der Waals surface area (Å²) in [5.74, 6) is 0. The third-order valence-corrected chi connectivity index (χ3v) is 16.4. The minimum Gasteiger partial charge on any atom is -0.456 e. The summed E-state index contributed by atoms with van der Waals surface area (Å²) in [5, 5.41) is 4.76. The molecule has 0 radical (unpaired) electrons. The van der Waals surface area contributed by atoms with Crippen molar-refractivity contribution in [1.82, 2.24) is 0 Å². The van der Waals surface area contributed by atoms with Crippen molar-refractivity contribution in [3.8, 4) is 44.5 Å². The third kappa shape index (κ3) is 5.09. The molecule has 14 rings (SSSR count). The molecule has 0 bridgehead atoms. The van der Waals surface area contributed by atoms with Crippen LogP contribution in [0.25, 0.3) is 88.4 Å². The van der Waals surface area contributed by atoms with E-state index < -0.39 is 0 Å². The van der Waals surface area contributed by atoms with Crippen LogP contribution < -0.4 is 4.90 Å². The number of rotatable bonds is 4. The van der Waals surface area contributed by atoms with Crippen LogP contribution in [0.3, 0.4) is 0 Å². The number of para-hydroxylation sites is 2. The number of furan rings is 2. The summed E-state index contributed by atoms with van der Waals surface area (Å²) in [6.45, 7) is 18.9. The van der Waals surface area contributed by atoms with Gasteiger partial charge in [0.1, 0.15) is 22.3 Å². The van der Waals surface area contributed by atoms with Gasteiger partial charge in [-0.3, -0.25) is 0 Å². The molecule has 0 atom stereocenters. The Balaban J connectivity index is 0.941. The highest BCUT2D eigenvalue weighted by atomic mass is 16.3. The van der Waals surface area contributed by atoms with E-state index in [1.165, 1.54) is 99.7 Å². The molecule has 9 aromatic carbocycles. The smallest absolute Gasteiger partial charge is 0.143 e. The average molecular weight is 878 g/mol. The zero-order chi connectivity index (χ0) is 46.2. The van der Waals surface area contributed by atoms with Gasteiger partial charge in [0, 0.05) is 60.4 Å². The maximum Gasteiger partial charge on any atom is 0.143 e. The number of fused-ring (bicyclic) bond motifs is 17. The Labute approximate surface area is 397 Å². The summed E-state index contributed by atoms with van der Waals surface area (Å²) in [7, 11) is 0. The Morgan fingerprint density at radius 2 is 0.941 bits per heavy atom. The number of nitrogens with zero attached hydrogens (tertiary/aromatic N) is 1. The van der Waals surface area contributed by atoms with Gasteiger partial charge in [-0.05, 0) is 158 Å². The van der Waals surface area contributed by atoms with E-state index in [1.54, 1.807) is 0 Å². The predicted molar refractivity (Wildman–Crippen MR) is 283 cm³/mol. The van der Waals surface area contributed by atoms with Crippen LogP contribution >= 0.6 is 0 Å². The van der Waals surface area contributed by atoms with Crippen molar-refractivity contribution in [1.29, 1.82) is 0 Å². The summed E-state index contributed by atoms with van der Waals surface area (Å²) in [4.78, 5) is 2.51. The van der Waals surface area contributed by atoms with Crippen LogP contribution in [-0.4, -0.2) is 0 Å². The topological polar surface area (TPSA) is 29.5 Å². The van der Waals surface area contributed by atoms with Crippen LogP contribution in [0.15, 0.2) is 173 Å². The molecule has 0 fully saturated rings. The Hall–Kier alpha value is -7.62. The van der Waals surface area contributed by atoms with Crippen molar-refractivity contribution in [3.05, 3.63) is 208 Å². The molecule has 11 aromatic rings. The van der Waals surface area contributed by atoms with Gasteiger partial charge in [-0.2, -0.15) is 0 Å². The molecule has 0 amide bonds. The lowest BCUT2D eigenvalue weighted by molar-refractivity contribution is 0.651. The first-order valence-corrected chi connectivity index (χ1v) is 24.2. The standard InChI is InChI=1S/C65H51NO2/c1-36-22-28-54(37(2)30-36)66(40-24-26-42-50(32-40)65(7,8)53-33-45(38-16-10-9-11-17-38)62-61(58(42)53)44-19-13-15-21-56(44)68-62)39-23-25-41-46-34-52-47(35-51(46)64(5,6)49(41)31-39)59-48(63(52,3)4)27-29-57-60(59)43-18-12-14-20-55(43)67-57/h9-35H,1-8H3. The fraction of sp³-hybridized carbons (Fsp3) is 0.169. The van der Waals surface area contributed by atoms with E-state index in [0.29, 0.717) is 0 Å². The maximum absolute atomic E-state index is 6.79. The van der Waals surface area contributed by atoms with Crippen LogP contribution in [0.4, 0.5) is 17.1 Å². The second kappa shape index (κ2) is 13.3. The van der Waals surface area contributed by atoms with Crippen molar-refractivity contribution in [2.24, 2.45) is 0 Å². The molecule has 0 N–H and O–H groups in total. The first kappa shape index (κ1) is 39.5. The summed E-state index contributed by atoms with van der Waals surface area (Å²) in [5.41, 5.74) is 27.3. The van der Waals surface area contributed by atoms with Gasteiger partial charge in [0.15, 0.2) is 0 Å². The first-order chi connectivity index (χ1) is 32.8. The maximum atomic E-state index is 6.79. The van der Waals surface area contributed by atoms with Crippen molar-refractivity contribution in [2.45, 2.75) is 71.6 Å². The Morgan fingerprint density at radius 3 is 1.68 bits per heavy atom. The van der Waals surface area contributed by atoms with E-state index in [1.807, 2.05) is 0 Å². The highest BCUT2D eigenvalue weighted by Crippen LogP contribution is 2.60. The van der Waals surface area contributed by atoms with E-state index in [9.17, 15) is 0 Å². The fourth-order valence-corrected chi connectivity index (χ4v) is 12.9. The lowest BCUT2D eigenvalue weighted by Crippen LogP contribution is -2.18. The monoisotopic (exact) mass is 877 g/mol. The Morgan fingerprint density at radius 1 is 0.382 bits per heavy atom. The van der Waals surface area contributed by atoms with Crippen LogP contribution in [0.2, 0.25) is 0 Å². The molecule has 3 aliphatic carbocycles. The van der Waals surface area contributed by atoms with Gasteiger partial charge in [0.25, 0.3) is 0 Å². The molecule has 0 spiro atoms. The number of anilines is 3. The van der Waals surface area contributed by atoms with Crippen molar-refractivity contribution in [3.63, 3.8) is 0 Å². The lowest BCUT2D eigenvalue weighted by atomic mass is 9.79. The third-order valence-electron chi connectivity index (χ3n) is 16.4. The Kier molecular flexibility index (Phi) is 7.73. The van der Waals surface area contributed by atoms with Crippen molar-refractivity contribution < 1.29 is 8.83 Å². The van der Waals surface area contributed by atoms with Gasteiger partial charge in [0.05, 0.1) is 0 Å². The number of benzene rings is 9. The predicted octanol–water partition coefficient (Wildman–Crippen LogP) is 18.2. The zero-order valence-corrected chi connectivity index (χ0v) is 39.9. The summed E-state index contributed by atoms with van der Waals surface area (Å²) in [6.07, 6.45) is 0. The first-order valence-electron chi connectivity index (χ1n) is 24.2. The van der Waals surface area contributed by atoms with Gasteiger partial charge in [-0.1, -0.05) is 144 Å². The van der Waals surface area contributed by atoms with Crippen LogP contribution in [-0.2, 0) is 16.2 Å². The summed E-state index contributed by atoms with van der Waals surface area (Å²) in [6, 6.07) is 61.0. The van der Waals surface area contributed by atoms with Gasteiger partial charge in [0.2, 0.25) is 0 Å². The van der Waals surface area contributed by atoms with Crippen molar-refractivity contribution >= 4 is 60.9 Å². The molecule has 0 saturated carbocycles. The molecular weight excluding hydrogens is 827 g/mol. The minimum atomic E-state index is -0.284. The molecule has 0 unspecified atom stereocenters. The molecule has 68 heavy (non-hydrogen) atoms. The molecule has 0 aliphatic heterocycles. The summed E-state index contributed by atoms with van der Waals surface area (Å²) >= 11 is 0.